The van der Waals surface area contributed by atoms with Crippen molar-refractivity contribution in [3.05, 3.63) is 0 Å². The maximum absolute atomic E-state index is 8.58. The normalized spacial score (nSPS) is 4.00. The van der Waals surface area contributed by atoms with Crippen LogP contribution in [-0.2, 0) is 3.78 Å². The molecule has 0 aromatic carbocycles. The van der Waals surface area contributed by atoms with Crippen LogP contribution >= 0.6 is 0 Å². The van der Waals surface area contributed by atoms with Gasteiger partial charge in [-0.05, 0) is 0 Å². The van der Waals surface area contributed by atoms with Crippen molar-refractivity contribution in [2.24, 2.45) is 0 Å². The molecule has 0 aliphatic heterocycles. The summed E-state index contributed by atoms with van der Waals surface area (Å²) >= 11 is -4.08. The molecule has 40 valence electrons. The van der Waals surface area contributed by atoms with Crippen LogP contribution in [0.5, 0.6) is 0 Å². The zero-order chi connectivity index (χ0) is 3.58. The van der Waals surface area contributed by atoms with Crippen molar-refractivity contribution in [1.29, 1.82) is 0 Å². The van der Waals surface area contributed by atoms with E-state index in [1.165, 1.54) is 0 Å². The molecule has 0 aliphatic rings. The maximum atomic E-state index is 8.58. The molecular weight excluding hydrogens is 149 g/mol. The van der Waals surface area contributed by atoms with Crippen molar-refractivity contribution in [1.82, 2.24) is 12.3 Å². The monoisotopic (exact) mass is 158 g/mol. The second kappa shape index (κ2) is 8.85. The molecule has 5 nitrogen and oxygen atoms in total. The third-order valence-electron chi connectivity index (χ3n) is 0. The van der Waals surface area contributed by atoms with Gasteiger partial charge in [-0.1, -0.05) is 0 Å². The first-order valence-electron chi connectivity index (χ1n) is 0.612. The molecule has 0 aliphatic carbocycles. The molecule has 0 aromatic rings. The molecular formula is H8GeN2O3. The molecule has 0 spiro atoms. The SMILES string of the molecule is [NH4+].[NH4+].[O]=[Ge]([O-])[O-]. The van der Waals surface area contributed by atoms with Crippen LogP contribution in [-0.4, -0.2) is 15.0 Å². The second-order valence-electron chi connectivity index (χ2n) is 0.250. The van der Waals surface area contributed by atoms with E-state index in [0.717, 1.165) is 0 Å². The average Bonchev–Trinajstić information content (AvgIpc) is 0.811. The third kappa shape index (κ3) is 1680. The summed E-state index contributed by atoms with van der Waals surface area (Å²) in [6.07, 6.45) is 0. The van der Waals surface area contributed by atoms with E-state index in [9.17, 15) is 0 Å². The Bertz CT molecular complexity index is 31.8. The van der Waals surface area contributed by atoms with Crippen molar-refractivity contribution in [2.75, 3.05) is 0 Å². The van der Waals surface area contributed by atoms with Gasteiger partial charge in [0.05, 0.1) is 0 Å². The van der Waals surface area contributed by atoms with Crippen molar-refractivity contribution < 1.29 is 12.0 Å². The van der Waals surface area contributed by atoms with Gasteiger partial charge >= 0.3 is 27.0 Å². The van der Waals surface area contributed by atoms with Gasteiger partial charge in [0, 0.05) is 0 Å². The Morgan fingerprint density at radius 3 is 1.17 bits per heavy atom. The molecule has 0 bridgehead atoms. The van der Waals surface area contributed by atoms with Crippen LogP contribution in [0.2, 0.25) is 0 Å². The van der Waals surface area contributed by atoms with Gasteiger partial charge in [0.2, 0.25) is 0 Å². The molecule has 0 rings (SSSR count). The number of hydrogen-bond acceptors (Lipinski definition) is 3. The van der Waals surface area contributed by atoms with E-state index in [1.54, 1.807) is 0 Å². The minimum atomic E-state index is -4.08. The summed E-state index contributed by atoms with van der Waals surface area (Å²) in [5, 5.41) is 0. The molecule has 0 amide bonds. The first-order valence-corrected chi connectivity index (χ1v) is 3.18. The van der Waals surface area contributed by atoms with Gasteiger partial charge in [-0.2, -0.15) is 0 Å². The first-order chi connectivity index (χ1) is 1.73. The van der Waals surface area contributed by atoms with Gasteiger partial charge in [-0.25, -0.2) is 0 Å². The second-order valence-corrected chi connectivity index (χ2v) is 1.30. The average molecular weight is 157 g/mol. The van der Waals surface area contributed by atoms with Gasteiger partial charge < -0.3 is 12.3 Å². The van der Waals surface area contributed by atoms with Gasteiger partial charge in [-0.15, -0.1) is 0 Å². The molecule has 0 heterocycles. The van der Waals surface area contributed by atoms with Crippen LogP contribution in [0.4, 0.5) is 0 Å². The Balaban J connectivity index is -0.0000000450. The number of hydrogen-bond donors (Lipinski definition) is 2. The molecule has 6 heavy (non-hydrogen) atoms. The van der Waals surface area contributed by atoms with Crippen LogP contribution < -0.4 is 20.6 Å². The zero-order valence-electron chi connectivity index (χ0n) is 3.72. The fourth-order valence-electron chi connectivity index (χ4n) is 0. The van der Waals surface area contributed by atoms with Gasteiger partial charge in [0.25, 0.3) is 0 Å². The van der Waals surface area contributed by atoms with Gasteiger partial charge in [-0.3, -0.25) is 0 Å². The van der Waals surface area contributed by atoms with Crippen molar-refractivity contribution in [3.8, 4) is 0 Å². The van der Waals surface area contributed by atoms with E-state index in [4.69, 9.17) is 12.0 Å². The quantitative estimate of drug-likeness (QED) is 0.388. The number of rotatable bonds is 0. The van der Waals surface area contributed by atoms with Crippen LogP contribution in [0.25, 0.3) is 0 Å². The zero-order valence-corrected chi connectivity index (χ0v) is 5.82. The predicted molar refractivity (Wildman–Crippen MR) is 18.4 cm³/mol. The van der Waals surface area contributed by atoms with Crippen LogP contribution in [0.15, 0.2) is 0 Å². The summed E-state index contributed by atoms with van der Waals surface area (Å²) < 4.78 is 25.8. The van der Waals surface area contributed by atoms with E-state index in [-0.39, 0.29) is 12.3 Å². The van der Waals surface area contributed by atoms with Crippen LogP contribution in [0.3, 0.4) is 0 Å². The molecule has 6 heteroatoms. The number of quaternary nitrogens is 2. The van der Waals surface area contributed by atoms with Crippen molar-refractivity contribution in [3.63, 3.8) is 0 Å². The summed E-state index contributed by atoms with van der Waals surface area (Å²) in [6, 6.07) is 0. The molecule has 0 saturated carbocycles. The van der Waals surface area contributed by atoms with E-state index in [0.29, 0.717) is 0 Å². The fraction of sp³-hybridized carbons (Fsp3) is 0. The Labute approximate surface area is 40.2 Å². The molecule has 0 unspecified atom stereocenters. The molecule has 8 N–H and O–H groups in total. The van der Waals surface area contributed by atoms with Crippen LogP contribution in [0, 0.1) is 0 Å². The van der Waals surface area contributed by atoms with E-state index < -0.39 is 15.0 Å². The molecule has 0 atom stereocenters. The third-order valence-corrected chi connectivity index (χ3v) is 0. The van der Waals surface area contributed by atoms with E-state index in [1.807, 2.05) is 0 Å². The minimum absolute atomic E-state index is 0. The molecule has 0 aromatic heterocycles. The molecule has 0 saturated heterocycles. The topological polar surface area (TPSA) is 136 Å². The summed E-state index contributed by atoms with van der Waals surface area (Å²) in [6.45, 7) is 0. The Hall–Kier alpha value is -0.137. The van der Waals surface area contributed by atoms with Crippen molar-refractivity contribution in [2.45, 2.75) is 0 Å². The Kier molecular flexibility index (Phi) is 25.0. The standard InChI is InChI=1S/GeO3.2H3N/c2-1(3)4;;/h;2*1H3/q-2;;/p+2. The fourth-order valence-corrected chi connectivity index (χ4v) is 0. The van der Waals surface area contributed by atoms with Gasteiger partial charge in [0.15, 0.2) is 0 Å². The molecule has 0 radical (unpaired) electrons. The van der Waals surface area contributed by atoms with Gasteiger partial charge in [0.1, 0.15) is 0 Å². The first kappa shape index (κ1) is 16.9. The molecule has 0 fully saturated rings. The van der Waals surface area contributed by atoms with Crippen LogP contribution in [0.1, 0.15) is 0 Å². The van der Waals surface area contributed by atoms with Crippen molar-refractivity contribution >= 4 is 15.0 Å². The van der Waals surface area contributed by atoms with E-state index in [2.05, 4.69) is 0 Å². The Morgan fingerprint density at radius 1 is 1.17 bits per heavy atom. The Morgan fingerprint density at radius 2 is 1.17 bits per heavy atom. The van der Waals surface area contributed by atoms with E-state index >= 15 is 0 Å². The summed E-state index contributed by atoms with van der Waals surface area (Å²) in [5.74, 6) is 0. The summed E-state index contributed by atoms with van der Waals surface area (Å²) in [4.78, 5) is 0. The summed E-state index contributed by atoms with van der Waals surface area (Å²) in [5.41, 5.74) is 0. The summed E-state index contributed by atoms with van der Waals surface area (Å²) in [7, 11) is 0. The predicted octanol–water partition coefficient (Wildman–Crippen LogP) is -2.13.